The Morgan fingerprint density at radius 3 is 1.11 bits per heavy atom. The van der Waals surface area contributed by atoms with Gasteiger partial charge in [0, 0.05) is 0 Å². The molecule has 0 aliphatic rings. The molecule has 6 heteroatoms. The summed E-state index contributed by atoms with van der Waals surface area (Å²) in [7, 11) is 2.77. The van der Waals surface area contributed by atoms with Gasteiger partial charge in [-0.05, 0) is 24.6 Å². The normalized spacial score (nSPS) is 12.3. The van der Waals surface area contributed by atoms with Crippen LogP contribution in [0.4, 0.5) is 0 Å². The van der Waals surface area contributed by atoms with E-state index in [2.05, 4.69) is 0 Å². The second kappa shape index (κ2) is 3.68. The van der Waals surface area contributed by atoms with Gasteiger partial charge in [-0.2, -0.15) is 0 Å². The molecule has 1 aromatic rings. The van der Waals surface area contributed by atoms with Gasteiger partial charge in [-0.15, -0.1) is 0 Å². The molecule has 1 rings (SSSR count). The first-order valence-electron chi connectivity index (χ1n) is 1.91. The molecule has 0 unspecified atom stereocenters. The summed E-state index contributed by atoms with van der Waals surface area (Å²) in [6.45, 7) is 0. The molecular weight excluding hydrogens is 235 g/mol. The van der Waals surface area contributed by atoms with E-state index in [0.717, 1.165) is 38.0 Å². The number of halogens is 3. The van der Waals surface area contributed by atoms with E-state index in [-0.39, 0.29) is 0 Å². The van der Waals surface area contributed by atoms with Gasteiger partial charge in [-0.3, -0.25) is 0 Å². The van der Waals surface area contributed by atoms with Gasteiger partial charge in [0.25, 0.3) is 0 Å². The molecule has 48 valence electrons. The summed E-state index contributed by atoms with van der Waals surface area (Å²) < 4.78 is 2.34. The molecule has 1 aromatic heterocycles. The van der Waals surface area contributed by atoms with E-state index in [4.69, 9.17) is 34.8 Å². The van der Waals surface area contributed by atoms with Gasteiger partial charge in [0.2, 0.25) is 0 Å². The third-order valence-electron chi connectivity index (χ3n) is 0.554. The summed E-state index contributed by atoms with van der Waals surface area (Å²) in [6.07, 6.45) is 0. The van der Waals surface area contributed by atoms with E-state index in [1.165, 1.54) is 0 Å². The largest absolute Gasteiger partial charge is 0.0979 e. The maximum absolute atomic E-state index is 5.68. The maximum Gasteiger partial charge on any atom is 0.0979 e. The third-order valence-corrected chi connectivity index (χ3v) is 4.98. The predicted molar refractivity (Wildman–Crippen MR) is 49.0 cm³/mol. The number of rotatable bonds is 0. The standard InChI is InChI=1S/C3Cl3P3/c4-1-7-2(5)9-3(6)8-1. The van der Waals surface area contributed by atoms with Gasteiger partial charge in [0.05, 0.1) is 13.5 Å². The van der Waals surface area contributed by atoms with Crippen molar-refractivity contribution in [1.82, 2.24) is 0 Å². The summed E-state index contributed by atoms with van der Waals surface area (Å²) in [6, 6.07) is 0. The molecule has 0 aliphatic heterocycles. The molecule has 0 atom stereocenters. The fourth-order valence-corrected chi connectivity index (χ4v) is 6.84. The van der Waals surface area contributed by atoms with Crippen LogP contribution in [0.2, 0.25) is 13.5 Å². The van der Waals surface area contributed by atoms with E-state index < -0.39 is 0 Å². The van der Waals surface area contributed by atoms with Crippen LogP contribution in [0.25, 0.3) is 0 Å². The first kappa shape index (κ1) is 8.48. The van der Waals surface area contributed by atoms with E-state index in [1.54, 1.807) is 0 Å². The number of hydrogen-bond donors (Lipinski definition) is 0. The molecule has 0 N–H and O–H groups in total. The maximum atomic E-state index is 5.68. The monoisotopic (exact) mass is 234 g/mol. The van der Waals surface area contributed by atoms with Crippen molar-refractivity contribution in [3.63, 3.8) is 0 Å². The second-order valence-corrected chi connectivity index (χ2v) is 8.27. The Morgan fingerprint density at radius 2 is 0.889 bits per heavy atom. The molecule has 0 bridgehead atoms. The summed E-state index contributed by atoms with van der Waals surface area (Å²) in [4.78, 5) is 0. The molecule has 0 saturated carbocycles. The van der Waals surface area contributed by atoms with Crippen molar-refractivity contribution in [3.05, 3.63) is 13.5 Å². The highest BCUT2D eigenvalue weighted by molar-refractivity contribution is 7.67. The summed E-state index contributed by atoms with van der Waals surface area (Å²) in [5.41, 5.74) is 0. The van der Waals surface area contributed by atoms with E-state index in [9.17, 15) is 0 Å². The summed E-state index contributed by atoms with van der Waals surface area (Å²) in [5, 5.41) is 0. The quantitative estimate of drug-likeness (QED) is 0.565. The molecule has 0 radical (unpaired) electrons. The van der Waals surface area contributed by atoms with Crippen LogP contribution >= 0.6 is 59.4 Å². The first-order valence-corrected chi connectivity index (χ1v) is 5.73. The van der Waals surface area contributed by atoms with Crippen LogP contribution in [0.15, 0.2) is 0 Å². The SMILES string of the molecule is Clc1pc(Cl)pc(Cl)p1. The Morgan fingerprint density at radius 1 is 0.667 bits per heavy atom. The molecule has 0 amide bonds. The minimum Gasteiger partial charge on any atom is -0.0734 e. The van der Waals surface area contributed by atoms with Gasteiger partial charge in [0.1, 0.15) is 0 Å². The van der Waals surface area contributed by atoms with Crippen LogP contribution in [-0.4, -0.2) is 0 Å². The van der Waals surface area contributed by atoms with Crippen molar-refractivity contribution < 1.29 is 0 Å². The van der Waals surface area contributed by atoms with Crippen molar-refractivity contribution in [1.29, 1.82) is 0 Å². The lowest BCUT2D eigenvalue weighted by molar-refractivity contribution is 2.63. The zero-order valence-corrected chi connectivity index (χ0v) is 8.93. The van der Waals surface area contributed by atoms with Crippen LogP contribution in [0.1, 0.15) is 0 Å². The van der Waals surface area contributed by atoms with Gasteiger partial charge >= 0.3 is 0 Å². The van der Waals surface area contributed by atoms with Crippen molar-refractivity contribution >= 4 is 59.4 Å². The van der Waals surface area contributed by atoms with Crippen molar-refractivity contribution in [2.75, 3.05) is 0 Å². The minimum atomic E-state index is 0.781. The van der Waals surface area contributed by atoms with Gasteiger partial charge in [-0.1, -0.05) is 34.8 Å². The Labute approximate surface area is 72.8 Å². The molecule has 0 aliphatic carbocycles. The van der Waals surface area contributed by atoms with Crippen LogP contribution in [-0.2, 0) is 0 Å². The Bertz CT molecular complexity index is 175. The first-order chi connectivity index (χ1) is 4.18. The topological polar surface area (TPSA) is 0 Å². The fourth-order valence-electron chi connectivity index (χ4n) is 0.303. The van der Waals surface area contributed by atoms with Crippen LogP contribution < -0.4 is 0 Å². The Balaban J connectivity index is 3.17. The lowest BCUT2D eigenvalue weighted by Crippen LogP contribution is -1.41. The van der Waals surface area contributed by atoms with E-state index >= 15 is 0 Å². The van der Waals surface area contributed by atoms with E-state index in [0.29, 0.717) is 0 Å². The lowest BCUT2D eigenvalue weighted by Gasteiger charge is -1.88. The Kier molecular flexibility index (Phi) is 3.47. The highest BCUT2D eigenvalue weighted by Gasteiger charge is 1.95. The highest BCUT2D eigenvalue weighted by Crippen LogP contribution is 2.47. The number of hydrogen-bond acceptors (Lipinski definition) is 0. The highest BCUT2D eigenvalue weighted by atomic mass is 35.5. The molecule has 1 heterocycles. The van der Waals surface area contributed by atoms with E-state index in [1.807, 2.05) is 0 Å². The van der Waals surface area contributed by atoms with Gasteiger partial charge in [0.15, 0.2) is 0 Å². The van der Waals surface area contributed by atoms with Crippen molar-refractivity contribution in [2.24, 2.45) is 0 Å². The smallest absolute Gasteiger partial charge is 0.0734 e. The van der Waals surface area contributed by atoms with Crippen LogP contribution in [0.5, 0.6) is 0 Å². The van der Waals surface area contributed by atoms with Crippen LogP contribution in [0.3, 0.4) is 0 Å². The molecule has 0 aromatic carbocycles. The fraction of sp³-hybridized carbons (Fsp3) is 0. The average molecular weight is 235 g/mol. The molecule has 0 nitrogen and oxygen atoms in total. The van der Waals surface area contributed by atoms with Crippen LogP contribution in [0, 0.1) is 0 Å². The third kappa shape index (κ3) is 2.85. The average Bonchev–Trinajstić information content (AvgIpc) is 1.59. The Hall–Kier alpha value is 1.38. The zero-order valence-electron chi connectivity index (χ0n) is 3.98. The molecule has 0 fully saturated rings. The minimum absolute atomic E-state index is 0.781. The summed E-state index contributed by atoms with van der Waals surface area (Å²) >= 11 is 17.0. The van der Waals surface area contributed by atoms with Crippen molar-refractivity contribution in [2.45, 2.75) is 0 Å². The van der Waals surface area contributed by atoms with Gasteiger partial charge < -0.3 is 0 Å². The zero-order chi connectivity index (χ0) is 6.85. The molecule has 9 heavy (non-hydrogen) atoms. The lowest BCUT2D eigenvalue weighted by atomic mass is 11.8. The molecular formula is C3Cl3P3. The van der Waals surface area contributed by atoms with Gasteiger partial charge in [-0.25, -0.2) is 0 Å². The predicted octanol–water partition coefficient (Wildman–Crippen LogP) is 5.39. The van der Waals surface area contributed by atoms with Crippen molar-refractivity contribution in [3.8, 4) is 0 Å². The summed E-state index contributed by atoms with van der Waals surface area (Å²) in [5.74, 6) is 0. The molecule has 0 saturated heterocycles. The molecule has 0 spiro atoms. The second-order valence-electron chi connectivity index (χ2n) is 1.14.